The Labute approximate surface area is 87.6 Å². The van der Waals surface area contributed by atoms with Crippen molar-refractivity contribution in [2.24, 2.45) is 0 Å². The summed E-state index contributed by atoms with van der Waals surface area (Å²) < 4.78 is 0. The minimum Gasteiger partial charge on any atom is -0.508 e. The van der Waals surface area contributed by atoms with E-state index in [1.165, 1.54) is 18.2 Å². The number of terminal acetylenes is 1. The van der Waals surface area contributed by atoms with Crippen LogP contribution >= 0.6 is 0 Å². The van der Waals surface area contributed by atoms with Gasteiger partial charge in [0.2, 0.25) is 0 Å². The molecule has 0 fully saturated rings. The van der Waals surface area contributed by atoms with Gasteiger partial charge in [-0.25, -0.2) is 0 Å². The Balaban J connectivity index is 2.92. The molecule has 4 heteroatoms. The van der Waals surface area contributed by atoms with Gasteiger partial charge in [0.05, 0.1) is 11.6 Å². The van der Waals surface area contributed by atoms with Gasteiger partial charge in [0.1, 0.15) is 11.5 Å². The largest absolute Gasteiger partial charge is 0.508 e. The third kappa shape index (κ3) is 2.64. The average Bonchev–Trinajstić information content (AvgIpc) is 2.21. The summed E-state index contributed by atoms with van der Waals surface area (Å²) in [5.41, 5.74) is -0.00269. The molecule has 0 aliphatic carbocycles. The Bertz CT molecular complexity index is 420. The van der Waals surface area contributed by atoms with Crippen LogP contribution in [0.3, 0.4) is 0 Å². The molecule has 0 radical (unpaired) electrons. The first-order chi connectivity index (χ1) is 7.04. The molecule has 0 aliphatic rings. The monoisotopic (exact) mass is 205 g/mol. The van der Waals surface area contributed by atoms with Crippen LogP contribution in [0.1, 0.15) is 17.3 Å². The normalized spacial score (nSPS) is 11.5. The zero-order chi connectivity index (χ0) is 11.4. The number of phenolic OH excluding ortho intramolecular Hbond substituents is 2. The molecule has 1 atom stereocenters. The number of aromatic hydroxyl groups is 2. The summed E-state index contributed by atoms with van der Waals surface area (Å²) in [6.45, 7) is 1.64. The van der Waals surface area contributed by atoms with Crippen molar-refractivity contribution in [2.45, 2.75) is 13.0 Å². The van der Waals surface area contributed by atoms with Gasteiger partial charge in [0.15, 0.2) is 0 Å². The fourth-order valence-corrected chi connectivity index (χ4v) is 1.02. The van der Waals surface area contributed by atoms with E-state index in [1.807, 2.05) is 0 Å². The Morgan fingerprint density at radius 1 is 1.53 bits per heavy atom. The Morgan fingerprint density at radius 2 is 2.20 bits per heavy atom. The summed E-state index contributed by atoms with van der Waals surface area (Å²) in [5, 5.41) is 21.0. The number of nitrogens with one attached hydrogen (secondary N) is 1. The van der Waals surface area contributed by atoms with Crippen molar-refractivity contribution in [2.75, 3.05) is 0 Å². The molecular formula is C11H11NO3. The molecule has 1 unspecified atom stereocenters. The first-order valence-electron chi connectivity index (χ1n) is 4.33. The molecule has 78 valence electrons. The number of carbonyl (C=O) groups is 1. The third-order valence-corrected chi connectivity index (χ3v) is 1.82. The van der Waals surface area contributed by atoms with Crippen molar-refractivity contribution in [1.29, 1.82) is 0 Å². The van der Waals surface area contributed by atoms with Crippen LogP contribution in [0.2, 0.25) is 0 Å². The van der Waals surface area contributed by atoms with Crippen LogP contribution in [0.4, 0.5) is 0 Å². The van der Waals surface area contributed by atoms with Crippen LogP contribution in [-0.2, 0) is 0 Å². The first kappa shape index (κ1) is 10.9. The van der Waals surface area contributed by atoms with Crippen LogP contribution in [-0.4, -0.2) is 22.2 Å². The molecule has 0 aromatic heterocycles. The van der Waals surface area contributed by atoms with Gasteiger partial charge in [-0.3, -0.25) is 4.79 Å². The lowest BCUT2D eigenvalue weighted by molar-refractivity contribution is 0.0945. The lowest BCUT2D eigenvalue weighted by Gasteiger charge is -2.09. The molecular weight excluding hydrogens is 194 g/mol. The van der Waals surface area contributed by atoms with Crippen molar-refractivity contribution < 1.29 is 15.0 Å². The van der Waals surface area contributed by atoms with Gasteiger partial charge in [-0.1, -0.05) is 5.92 Å². The highest BCUT2D eigenvalue weighted by atomic mass is 16.3. The maximum absolute atomic E-state index is 11.5. The van der Waals surface area contributed by atoms with Crippen LogP contribution in [0.5, 0.6) is 11.5 Å². The summed E-state index contributed by atoms with van der Waals surface area (Å²) >= 11 is 0. The van der Waals surface area contributed by atoms with Gasteiger partial charge in [-0.2, -0.15) is 0 Å². The summed E-state index contributed by atoms with van der Waals surface area (Å²) in [6, 6.07) is 3.27. The fraction of sp³-hybridized carbons (Fsp3) is 0.182. The fourth-order valence-electron chi connectivity index (χ4n) is 1.02. The first-order valence-corrected chi connectivity index (χ1v) is 4.33. The van der Waals surface area contributed by atoms with E-state index in [-0.39, 0.29) is 17.1 Å². The zero-order valence-corrected chi connectivity index (χ0v) is 8.19. The maximum Gasteiger partial charge on any atom is 0.256 e. The van der Waals surface area contributed by atoms with Crippen molar-refractivity contribution in [3.63, 3.8) is 0 Å². The van der Waals surface area contributed by atoms with Crippen LogP contribution < -0.4 is 5.32 Å². The van der Waals surface area contributed by atoms with E-state index >= 15 is 0 Å². The molecule has 0 heterocycles. The minimum atomic E-state index is -0.520. The minimum absolute atomic E-state index is 0.00269. The molecule has 1 rings (SSSR count). The number of phenols is 2. The number of rotatable bonds is 2. The lowest BCUT2D eigenvalue weighted by atomic mass is 10.1. The molecule has 15 heavy (non-hydrogen) atoms. The van der Waals surface area contributed by atoms with E-state index in [4.69, 9.17) is 11.5 Å². The van der Waals surface area contributed by atoms with Gasteiger partial charge in [0, 0.05) is 0 Å². The zero-order valence-electron chi connectivity index (χ0n) is 8.19. The van der Waals surface area contributed by atoms with E-state index in [1.54, 1.807) is 6.92 Å². The van der Waals surface area contributed by atoms with Crippen LogP contribution in [0.15, 0.2) is 18.2 Å². The van der Waals surface area contributed by atoms with E-state index in [0.717, 1.165) is 0 Å². The number of hydrogen-bond donors (Lipinski definition) is 3. The van der Waals surface area contributed by atoms with E-state index in [9.17, 15) is 9.90 Å². The summed E-state index contributed by atoms with van der Waals surface area (Å²) in [4.78, 5) is 11.5. The third-order valence-electron chi connectivity index (χ3n) is 1.82. The van der Waals surface area contributed by atoms with Crippen LogP contribution in [0.25, 0.3) is 0 Å². The standard InChI is InChI=1S/C11H11NO3/c1-3-7(2)12-11(15)9-6-8(13)4-5-10(9)14/h1,4-7,13-14H,2H3,(H,12,15). The van der Waals surface area contributed by atoms with E-state index in [0.29, 0.717) is 0 Å². The smallest absolute Gasteiger partial charge is 0.256 e. The Morgan fingerprint density at radius 3 is 2.80 bits per heavy atom. The average molecular weight is 205 g/mol. The predicted molar refractivity (Wildman–Crippen MR) is 55.5 cm³/mol. The van der Waals surface area contributed by atoms with Crippen LogP contribution in [0, 0.1) is 12.3 Å². The molecule has 1 amide bonds. The molecule has 0 bridgehead atoms. The number of carbonyl (C=O) groups excluding carboxylic acids is 1. The van der Waals surface area contributed by atoms with Crippen molar-refractivity contribution >= 4 is 5.91 Å². The molecule has 1 aromatic rings. The highest BCUT2D eigenvalue weighted by molar-refractivity contribution is 5.97. The topological polar surface area (TPSA) is 69.6 Å². The van der Waals surface area contributed by atoms with E-state index < -0.39 is 11.9 Å². The molecule has 0 spiro atoms. The second kappa shape index (κ2) is 4.38. The van der Waals surface area contributed by atoms with Gasteiger partial charge < -0.3 is 15.5 Å². The van der Waals surface area contributed by atoms with E-state index in [2.05, 4.69) is 11.2 Å². The Kier molecular flexibility index (Phi) is 3.19. The Hall–Kier alpha value is -2.15. The highest BCUT2D eigenvalue weighted by Gasteiger charge is 2.13. The van der Waals surface area contributed by atoms with Crippen molar-refractivity contribution in [1.82, 2.24) is 5.32 Å². The van der Waals surface area contributed by atoms with Gasteiger partial charge in [0.25, 0.3) is 5.91 Å². The maximum atomic E-state index is 11.5. The molecule has 0 saturated carbocycles. The van der Waals surface area contributed by atoms with Crippen molar-refractivity contribution in [3.8, 4) is 23.8 Å². The SMILES string of the molecule is C#CC(C)NC(=O)c1cc(O)ccc1O. The quantitative estimate of drug-likeness (QED) is 0.495. The molecule has 1 aromatic carbocycles. The highest BCUT2D eigenvalue weighted by Crippen LogP contribution is 2.21. The number of amides is 1. The second-order valence-corrected chi connectivity index (χ2v) is 3.06. The molecule has 0 saturated heterocycles. The van der Waals surface area contributed by atoms with Gasteiger partial charge >= 0.3 is 0 Å². The summed E-state index contributed by atoms with van der Waals surface area (Å²) in [6.07, 6.45) is 5.09. The number of hydrogen-bond acceptors (Lipinski definition) is 3. The molecule has 4 nitrogen and oxygen atoms in total. The second-order valence-electron chi connectivity index (χ2n) is 3.06. The summed E-state index contributed by atoms with van der Waals surface area (Å²) in [7, 11) is 0. The van der Waals surface area contributed by atoms with Gasteiger partial charge in [-0.05, 0) is 25.1 Å². The summed E-state index contributed by atoms with van der Waals surface area (Å²) in [5.74, 6) is 1.51. The molecule has 0 aliphatic heterocycles. The predicted octanol–water partition coefficient (Wildman–Crippen LogP) is 0.849. The molecule has 3 N–H and O–H groups in total. The van der Waals surface area contributed by atoms with Crippen molar-refractivity contribution in [3.05, 3.63) is 23.8 Å². The lowest BCUT2D eigenvalue weighted by Crippen LogP contribution is -2.31. The number of benzene rings is 1. The van der Waals surface area contributed by atoms with Gasteiger partial charge in [-0.15, -0.1) is 6.42 Å².